The number of ether oxygens (including phenoxy) is 1. The van der Waals surface area contributed by atoms with E-state index in [2.05, 4.69) is 42.2 Å². The first kappa shape index (κ1) is 11.3. The number of hydrogen-bond acceptors (Lipinski definition) is 2. The standard InChI is InChI=1S/C14H22N2O/c1-11(2)7-16-5-3-12(8-16)13-14(9-15-13)4-6-17-10-14/h3,5,8,11,13,15H,4,6-7,9-10H2,1-2H3. The van der Waals surface area contributed by atoms with E-state index in [4.69, 9.17) is 4.74 Å². The number of nitrogens with one attached hydrogen (secondary N) is 1. The largest absolute Gasteiger partial charge is 0.381 e. The van der Waals surface area contributed by atoms with Crippen LogP contribution in [-0.4, -0.2) is 24.3 Å². The van der Waals surface area contributed by atoms with Crippen LogP contribution in [0.4, 0.5) is 0 Å². The van der Waals surface area contributed by atoms with Crippen LogP contribution >= 0.6 is 0 Å². The van der Waals surface area contributed by atoms with Crippen molar-refractivity contribution in [3.63, 3.8) is 0 Å². The van der Waals surface area contributed by atoms with Crippen molar-refractivity contribution in [2.24, 2.45) is 11.3 Å². The van der Waals surface area contributed by atoms with Gasteiger partial charge in [0.25, 0.3) is 0 Å². The highest BCUT2D eigenvalue weighted by atomic mass is 16.5. The second-order valence-corrected chi connectivity index (χ2v) is 6.01. The zero-order valence-electron chi connectivity index (χ0n) is 10.8. The van der Waals surface area contributed by atoms with E-state index in [0.717, 1.165) is 26.3 Å². The molecule has 0 saturated carbocycles. The maximum atomic E-state index is 5.58. The quantitative estimate of drug-likeness (QED) is 0.867. The topological polar surface area (TPSA) is 26.2 Å². The molecule has 17 heavy (non-hydrogen) atoms. The van der Waals surface area contributed by atoms with E-state index in [1.54, 1.807) is 0 Å². The van der Waals surface area contributed by atoms with Gasteiger partial charge in [0.2, 0.25) is 0 Å². The number of aromatic nitrogens is 1. The lowest BCUT2D eigenvalue weighted by Gasteiger charge is -2.47. The van der Waals surface area contributed by atoms with Crippen molar-refractivity contribution in [3.05, 3.63) is 24.0 Å². The van der Waals surface area contributed by atoms with E-state index in [-0.39, 0.29) is 0 Å². The molecule has 2 unspecified atom stereocenters. The van der Waals surface area contributed by atoms with Crippen LogP contribution in [-0.2, 0) is 11.3 Å². The molecule has 1 spiro atoms. The van der Waals surface area contributed by atoms with Gasteiger partial charge in [0.05, 0.1) is 6.61 Å². The second kappa shape index (κ2) is 4.14. The van der Waals surface area contributed by atoms with Crippen LogP contribution in [0.3, 0.4) is 0 Å². The molecule has 0 radical (unpaired) electrons. The summed E-state index contributed by atoms with van der Waals surface area (Å²) in [5.74, 6) is 0.702. The molecule has 3 heteroatoms. The highest BCUT2D eigenvalue weighted by Crippen LogP contribution is 2.47. The fourth-order valence-electron chi connectivity index (χ4n) is 3.12. The van der Waals surface area contributed by atoms with Crippen molar-refractivity contribution < 1.29 is 4.74 Å². The lowest BCUT2D eigenvalue weighted by Crippen LogP contribution is -2.56. The molecular weight excluding hydrogens is 212 g/mol. The Morgan fingerprint density at radius 1 is 1.59 bits per heavy atom. The van der Waals surface area contributed by atoms with E-state index in [9.17, 15) is 0 Å². The third-order valence-corrected chi connectivity index (χ3v) is 4.09. The molecule has 2 atom stereocenters. The summed E-state index contributed by atoms with van der Waals surface area (Å²) >= 11 is 0. The van der Waals surface area contributed by atoms with Crippen LogP contribution in [0.15, 0.2) is 18.5 Å². The van der Waals surface area contributed by atoms with Gasteiger partial charge in [0.1, 0.15) is 0 Å². The Balaban J connectivity index is 1.74. The predicted octanol–water partition coefficient (Wildman–Crippen LogP) is 2.20. The van der Waals surface area contributed by atoms with E-state index < -0.39 is 0 Å². The summed E-state index contributed by atoms with van der Waals surface area (Å²) in [7, 11) is 0. The Kier molecular flexibility index (Phi) is 2.75. The highest BCUT2D eigenvalue weighted by molar-refractivity contribution is 5.24. The molecule has 1 aromatic heterocycles. The molecule has 94 valence electrons. The van der Waals surface area contributed by atoms with E-state index in [0.29, 0.717) is 17.4 Å². The summed E-state index contributed by atoms with van der Waals surface area (Å²) < 4.78 is 7.89. The summed E-state index contributed by atoms with van der Waals surface area (Å²) in [6.45, 7) is 8.61. The average Bonchev–Trinajstić information content (AvgIpc) is 2.85. The van der Waals surface area contributed by atoms with Crippen molar-refractivity contribution in [2.75, 3.05) is 19.8 Å². The molecule has 2 fully saturated rings. The molecule has 0 amide bonds. The summed E-state index contributed by atoms with van der Waals surface area (Å²) in [5, 5.41) is 3.57. The Bertz CT molecular complexity index is 391. The molecule has 1 N–H and O–H groups in total. The number of hydrogen-bond donors (Lipinski definition) is 1. The predicted molar refractivity (Wildman–Crippen MR) is 67.9 cm³/mol. The SMILES string of the molecule is CC(C)Cn1ccc(C2NCC23CCOC3)c1. The van der Waals surface area contributed by atoms with Gasteiger partial charge < -0.3 is 14.6 Å². The van der Waals surface area contributed by atoms with Crippen molar-refractivity contribution in [1.29, 1.82) is 0 Å². The minimum absolute atomic E-state index is 0.393. The third kappa shape index (κ3) is 1.91. The van der Waals surface area contributed by atoms with Gasteiger partial charge >= 0.3 is 0 Å². The van der Waals surface area contributed by atoms with Gasteiger partial charge in [-0.2, -0.15) is 0 Å². The van der Waals surface area contributed by atoms with Crippen molar-refractivity contribution in [3.8, 4) is 0 Å². The Hall–Kier alpha value is -0.800. The van der Waals surface area contributed by atoms with Gasteiger partial charge in [-0.3, -0.25) is 0 Å². The molecule has 2 aliphatic rings. The van der Waals surface area contributed by atoms with Crippen LogP contribution < -0.4 is 5.32 Å². The van der Waals surface area contributed by atoms with Gasteiger partial charge in [0.15, 0.2) is 0 Å². The monoisotopic (exact) mass is 234 g/mol. The first-order valence-corrected chi connectivity index (χ1v) is 6.66. The Morgan fingerprint density at radius 3 is 3.06 bits per heavy atom. The maximum absolute atomic E-state index is 5.58. The lowest BCUT2D eigenvalue weighted by molar-refractivity contribution is 0.0577. The second-order valence-electron chi connectivity index (χ2n) is 6.01. The molecular formula is C14H22N2O. The van der Waals surface area contributed by atoms with Gasteiger partial charge in [-0.15, -0.1) is 0 Å². The van der Waals surface area contributed by atoms with Crippen LogP contribution in [0.25, 0.3) is 0 Å². The Labute approximate surface area is 103 Å². The number of rotatable bonds is 3. The summed E-state index contributed by atoms with van der Waals surface area (Å²) in [4.78, 5) is 0. The molecule has 0 aliphatic carbocycles. The molecule has 0 bridgehead atoms. The van der Waals surface area contributed by atoms with Crippen LogP contribution in [0.2, 0.25) is 0 Å². The number of nitrogens with zero attached hydrogens (tertiary/aromatic N) is 1. The van der Waals surface area contributed by atoms with Crippen LogP contribution in [0.5, 0.6) is 0 Å². The molecule has 3 rings (SSSR count). The minimum Gasteiger partial charge on any atom is -0.381 e. The lowest BCUT2D eigenvalue weighted by atomic mass is 9.71. The van der Waals surface area contributed by atoms with Crippen LogP contribution in [0, 0.1) is 11.3 Å². The Morgan fingerprint density at radius 2 is 2.47 bits per heavy atom. The summed E-state index contributed by atoms with van der Waals surface area (Å²) in [6.07, 6.45) is 5.72. The van der Waals surface area contributed by atoms with Gasteiger partial charge in [-0.25, -0.2) is 0 Å². The first-order chi connectivity index (χ1) is 8.20. The zero-order chi connectivity index (χ0) is 11.9. The first-order valence-electron chi connectivity index (χ1n) is 6.66. The van der Waals surface area contributed by atoms with Gasteiger partial charge in [0, 0.05) is 43.5 Å². The zero-order valence-corrected chi connectivity index (χ0v) is 10.8. The summed E-state index contributed by atoms with van der Waals surface area (Å²) in [6, 6.07) is 2.78. The molecule has 3 nitrogen and oxygen atoms in total. The fraction of sp³-hybridized carbons (Fsp3) is 0.714. The van der Waals surface area contributed by atoms with E-state index in [1.165, 1.54) is 12.0 Å². The molecule has 2 saturated heterocycles. The highest BCUT2D eigenvalue weighted by Gasteiger charge is 2.49. The van der Waals surface area contributed by atoms with Gasteiger partial charge in [-0.05, 0) is 24.0 Å². The van der Waals surface area contributed by atoms with Crippen molar-refractivity contribution in [1.82, 2.24) is 9.88 Å². The summed E-state index contributed by atoms with van der Waals surface area (Å²) in [5.41, 5.74) is 1.83. The smallest absolute Gasteiger partial charge is 0.0553 e. The third-order valence-electron chi connectivity index (χ3n) is 4.09. The van der Waals surface area contributed by atoms with Crippen molar-refractivity contribution in [2.45, 2.75) is 32.9 Å². The van der Waals surface area contributed by atoms with E-state index >= 15 is 0 Å². The normalized spacial score (nSPS) is 32.3. The van der Waals surface area contributed by atoms with Gasteiger partial charge in [-0.1, -0.05) is 13.8 Å². The fourth-order valence-corrected chi connectivity index (χ4v) is 3.12. The average molecular weight is 234 g/mol. The molecule has 2 aliphatic heterocycles. The molecule has 3 heterocycles. The molecule has 0 aromatic carbocycles. The van der Waals surface area contributed by atoms with E-state index in [1.807, 2.05) is 0 Å². The van der Waals surface area contributed by atoms with Crippen LogP contribution in [0.1, 0.15) is 31.9 Å². The maximum Gasteiger partial charge on any atom is 0.0553 e. The molecule has 1 aromatic rings. The minimum atomic E-state index is 0.393. The van der Waals surface area contributed by atoms with Crippen molar-refractivity contribution >= 4 is 0 Å².